The molecule has 33 heavy (non-hydrogen) atoms. The molecule has 2 aromatic carbocycles. The summed E-state index contributed by atoms with van der Waals surface area (Å²) in [4.78, 5) is 23.1. The molecular weight excluding hydrogens is 456 g/mol. The highest BCUT2D eigenvalue weighted by Gasteiger charge is 2.46. The maximum atomic E-state index is 13.4. The first-order chi connectivity index (χ1) is 15.6. The quantitative estimate of drug-likeness (QED) is 0.529. The lowest BCUT2D eigenvalue weighted by Gasteiger charge is -2.30. The number of carbonyl (C=O) groups excluding carboxylic acids is 1. The molecule has 0 aliphatic carbocycles. The van der Waals surface area contributed by atoms with Crippen molar-refractivity contribution in [3.05, 3.63) is 53.6 Å². The third kappa shape index (κ3) is 4.67. The maximum absolute atomic E-state index is 13.4. The lowest BCUT2D eigenvalue weighted by Crippen LogP contribution is -2.46. The molecule has 0 radical (unpaired) electrons. The summed E-state index contributed by atoms with van der Waals surface area (Å²) in [5, 5.41) is 0.682. The van der Waals surface area contributed by atoms with Gasteiger partial charge in [-0.15, -0.1) is 0 Å². The minimum atomic E-state index is -3.71. The first-order valence-electron chi connectivity index (χ1n) is 11.1. The number of hydrogen-bond acceptors (Lipinski definition) is 5. The average molecular weight is 487 g/mol. The van der Waals surface area contributed by atoms with Gasteiger partial charge in [-0.05, 0) is 56.5 Å². The summed E-state index contributed by atoms with van der Waals surface area (Å²) >= 11 is 1.34. The van der Waals surface area contributed by atoms with E-state index >= 15 is 0 Å². The number of aromatic amines is 1. The number of nitrogens with zero attached hydrogens (tertiary/aromatic N) is 3. The van der Waals surface area contributed by atoms with Gasteiger partial charge in [-0.2, -0.15) is 4.31 Å². The van der Waals surface area contributed by atoms with Gasteiger partial charge in [0.2, 0.25) is 15.9 Å². The second-order valence-corrected chi connectivity index (χ2v) is 11.8. The molecule has 7 nitrogen and oxygen atoms in total. The molecule has 2 atom stereocenters. The Balaban J connectivity index is 1.53. The van der Waals surface area contributed by atoms with Gasteiger partial charge in [0.15, 0.2) is 5.16 Å². The molecule has 176 valence electrons. The van der Waals surface area contributed by atoms with Crippen LogP contribution in [0.15, 0.2) is 52.5 Å². The molecular formula is C24H30N4O3S2. The van der Waals surface area contributed by atoms with E-state index in [1.165, 1.54) is 16.1 Å². The average Bonchev–Trinajstić information content (AvgIpc) is 3.33. The van der Waals surface area contributed by atoms with Gasteiger partial charge in [0.05, 0.1) is 27.8 Å². The lowest BCUT2D eigenvalue weighted by atomic mass is 10.0. The van der Waals surface area contributed by atoms with E-state index in [0.29, 0.717) is 5.16 Å². The van der Waals surface area contributed by atoms with Crippen LogP contribution in [-0.2, 0) is 14.8 Å². The molecule has 0 spiro atoms. The zero-order valence-corrected chi connectivity index (χ0v) is 21.2. The van der Waals surface area contributed by atoms with Crippen molar-refractivity contribution < 1.29 is 13.2 Å². The molecule has 0 unspecified atom stereocenters. The summed E-state index contributed by atoms with van der Waals surface area (Å²) in [5.74, 6) is 0.211. The van der Waals surface area contributed by atoms with Crippen molar-refractivity contribution in [3.63, 3.8) is 0 Å². The predicted molar refractivity (Wildman–Crippen MR) is 132 cm³/mol. The van der Waals surface area contributed by atoms with Gasteiger partial charge in [-0.3, -0.25) is 4.79 Å². The molecule has 2 heterocycles. The second-order valence-electron chi connectivity index (χ2n) is 8.98. The fourth-order valence-electron chi connectivity index (χ4n) is 4.28. The van der Waals surface area contributed by atoms with Crippen LogP contribution in [0.4, 0.5) is 0 Å². The van der Waals surface area contributed by atoms with E-state index in [0.717, 1.165) is 22.2 Å². The zero-order valence-electron chi connectivity index (χ0n) is 19.6. The normalized spacial score (nSPS) is 19.6. The predicted octanol–water partition coefficient (Wildman–Crippen LogP) is 4.18. The van der Waals surface area contributed by atoms with Crippen molar-refractivity contribution in [2.45, 2.75) is 56.9 Å². The highest BCUT2D eigenvalue weighted by molar-refractivity contribution is 7.99. The van der Waals surface area contributed by atoms with Crippen LogP contribution < -0.4 is 0 Å². The van der Waals surface area contributed by atoms with Crippen LogP contribution in [0.5, 0.6) is 0 Å². The highest BCUT2D eigenvalue weighted by atomic mass is 32.2. The molecule has 4 rings (SSSR count). The Morgan fingerprint density at radius 3 is 2.48 bits per heavy atom. The van der Waals surface area contributed by atoms with E-state index in [2.05, 4.69) is 9.97 Å². The molecule has 1 aliphatic heterocycles. The Morgan fingerprint density at radius 1 is 1.15 bits per heavy atom. The van der Waals surface area contributed by atoms with Gasteiger partial charge in [-0.25, -0.2) is 13.4 Å². The summed E-state index contributed by atoms with van der Waals surface area (Å²) < 4.78 is 28.2. The molecule has 1 amide bonds. The smallest absolute Gasteiger partial charge is 0.244 e. The van der Waals surface area contributed by atoms with E-state index in [9.17, 15) is 13.2 Å². The van der Waals surface area contributed by atoms with Gasteiger partial charge in [0, 0.05) is 12.6 Å². The molecule has 1 N–H and O–H groups in total. The van der Waals surface area contributed by atoms with Crippen LogP contribution in [0.2, 0.25) is 0 Å². The monoisotopic (exact) mass is 486 g/mol. The number of aromatic nitrogens is 2. The number of imidazole rings is 1. The van der Waals surface area contributed by atoms with Gasteiger partial charge in [0.25, 0.3) is 0 Å². The van der Waals surface area contributed by atoms with E-state index in [4.69, 9.17) is 0 Å². The fraction of sp³-hybridized carbons (Fsp3) is 0.417. The number of sulfonamides is 1. The Bertz CT molecular complexity index is 1270. The van der Waals surface area contributed by atoms with Crippen LogP contribution in [0.1, 0.15) is 31.9 Å². The lowest BCUT2D eigenvalue weighted by molar-refractivity contribution is -0.132. The van der Waals surface area contributed by atoms with Crippen molar-refractivity contribution >= 4 is 38.7 Å². The van der Waals surface area contributed by atoms with E-state index in [-0.39, 0.29) is 35.1 Å². The minimum Gasteiger partial charge on any atom is -0.333 e. The number of carbonyl (C=O) groups is 1. The number of amides is 1. The second kappa shape index (κ2) is 9.12. The third-order valence-electron chi connectivity index (χ3n) is 6.18. The number of fused-ring (bicyclic) bond motifs is 1. The van der Waals surface area contributed by atoms with Crippen LogP contribution in [0.3, 0.4) is 0 Å². The van der Waals surface area contributed by atoms with Gasteiger partial charge >= 0.3 is 0 Å². The molecule has 1 saturated heterocycles. The summed E-state index contributed by atoms with van der Waals surface area (Å²) in [5.41, 5.74) is 3.94. The number of hydrogen-bond donors (Lipinski definition) is 1. The third-order valence-corrected chi connectivity index (χ3v) is 8.97. The highest BCUT2D eigenvalue weighted by Crippen LogP contribution is 2.32. The van der Waals surface area contributed by atoms with Crippen molar-refractivity contribution in [1.82, 2.24) is 19.2 Å². The number of aryl methyl sites for hydroxylation is 2. The van der Waals surface area contributed by atoms with E-state index < -0.39 is 16.2 Å². The van der Waals surface area contributed by atoms with Gasteiger partial charge < -0.3 is 9.88 Å². The first kappa shape index (κ1) is 23.8. The van der Waals surface area contributed by atoms with E-state index in [1.54, 1.807) is 36.1 Å². The minimum absolute atomic E-state index is 0.0931. The zero-order chi connectivity index (χ0) is 23.9. The van der Waals surface area contributed by atoms with Crippen molar-refractivity contribution in [2.24, 2.45) is 5.92 Å². The first-order valence-corrected chi connectivity index (χ1v) is 13.5. The molecule has 1 fully saturated rings. The molecule has 0 bridgehead atoms. The molecule has 3 aromatic rings. The van der Waals surface area contributed by atoms with Crippen LogP contribution in [0.25, 0.3) is 11.0 Å². The van der Waals surface area contributed by atoms with E-state index in [1.807, 2.05) is 45.9 Å². The van der Waals surface area contributed by atoms with Crippen LogP contribution >= 0.6 is 11.8 Å². The number of nitrogens with one attached hydrogen (secondary N) is 1. The Morgan fingerprint density at radius 2 is 1.82 bits per heavy atom. The number of thioether (sulfide) groups is 1. The molecule has 0 saturated carbocycles. The largest absolute Gasteiger partial charge is 0.333 e. The summed E-state index contributed by atoms with van der Waals surface area (Å²) in [7, 11) is -3.71. The Labute approximate surface area is 199 Å². The molecule has 1 aliphatic rings. The summed E-state index contributed by atoms with van der Waals surface area (Å²) in [6, 6.07) is 12.6. The fourth-order valence-corrected chi connectivity index (χ4v) is 6.64. The summed E-state index contributed by atoms with van der Waals surface area (Å²) in [6.07, 6.45) is -0.560. The molecule has 1 aromatic heterocycles. The number of benzene rings is 2. The number of H-pyrrole nitrogens is 1. The van der Waals surface area contributed by atoms with Crippen LogP contribution in [0, 0.1) is 19.8 Å². The molecule has 9 heteroatoms. The topological polar surface area (TPSA) is 86.4 Å². The Kier molecular flexibility index (Phi) is 6.57. The number of rotatable bonds is 6. The van der Waals surface area contributed by atoms with Crippen molar-refractivity contribution in [1.29, 1.82) is 0 Å². The maximum Gasteiger partial charge on any atom is 0.244 e. The standard InChI is InChI=1S/C24H30N4O3S2/c1-15(2)22-13-27(33(30,31)19-9-6-16(3)7-10-19)18(5)28(22)23(29)14-32-24-25-20-11-8-17(4)12-21(20)26-24/h6-12,15,18,22H,13-14H2,1-5H3,(H,25,26)/t18-,22-/m0/s1. The van der Waals surface area contributed by atoms with Gasteiger partial charge in [-0.1, -0.05) is 49.4 Å². The van der Waals surface area contributed by atoms with Gasteiger partial charge in [0.1, 0.15) is 0 Å². The summed E-state index contributed by atoms with van der Waals surface area (Å²) in [6.45, 7) is 10.1. The Hall–Kier alpha value is -2.36. The van der Waals surface area contributed by atoms with Crippen molar-refractivity contribution in [2.75, 3.05) is 12.3 Å². The van der Waals surface area contributed by atoms with Crippen LogP contribution in [-0.4, -0.2) is 58.0 Å². The van der Waals surface area contributed by atoms with Crippen molar-refractivity contribution in [3.8, 4) is 0 Å². The SMILES string of the molecule is Cc1ccc(S(=O)(=O)N2C[C@@H](C(C)C)N(C(=O)CSc3nc4ccc(C)cc4[nH]3)[C@H]2C)cc1.